The fourth-order valence-electron chi connectivity index (χ4n) is 3.56. The molecule has 0 aliphatic carbocycles. The molecular formula is C22H34N3O2PS. The van der Waals surface area contributed by atoms with Crippen LogP contribution >= 0.6 is 7.44 Å². The van der Waals surface area contributed by atoms with Crippen LogP contribution < -0.4 is 4.72 Å². The predicted molar refractivity (Wildman–Crippen MR) is 123 cm³/mol. The fraction of sp³-hybridized carbons (Fsp3) is 0.455. The highest BCUT2D eigenvalue weighted by atomic mass is 32.2. The van der Waals surface area contributed by atoms with Crippen molar-refractivity contribution in [2.24, 2.45) is 0 Å². The number of nitrogens with one attached hydrogen (secondary N) is 1. The lowest BCUT2D eigenvalue weighted by Crippen LogP contribution is -2.39. The number of aryl methyl sites for hydroxylation is 1. The molecule has 0 fully saturated rings. The molecule has 0 saturated carbocycles. The van der Waals surface area contributed by atoms with Gasteiger partial charge < -0.3 is 0 Å². The van der Waals surface area contributed by atoms with Gasteiger partial charge in [-0.3, -0.25) is 4.57 Å². The van der Waals surface area contributed by atoms with Crippen molar-refractivity contribution >= 4 is 18.4 Å². The second-order valence-corrected chi connectivity index (χ2v) is 11.0. The largest absolute Gasteiger partial charge is 0.287 e. The highest BCUT2D eigenvalue weighted by molar-refractivity contribution is 7.83. The van der Waals surface area contributed by atoms with Gasteiger partial charge in [-0.05, 0) is 24.6 Å². The second kappa shape index (κ2) is 11.2. The molecule has 0 radical (unpaired) electrons. The Labute approximate surface area is 178 Å². The van der Waals surface area contributed by atoms with Gasteiger partial charge in [0.1, 0.15) is 16.8 Å². The van der Waals surface area contributed by atoms with Gasteiger partial charge in [0.2, 0.25) is 7.44 Å². The Balaban J connectivity index is 2.56. The van der Waals surface area contributed by atoms with E-state index in [1.807, 2.05) is 98.6 Å². The molecule has 0 bridgehead atoms. The van der Waals surface area contributed by atoms with Gasteiger partial charge in [-0.25, -0.2) is 18.3 Å². The van der Waals surface area contributed by atoms with Crippen LogP contribution in [0.3, 0.4) is 0 Å². The third-order valence-electron chi connectivity index (χ3n) is 5.18. The predicted octanol–water partition coefficient (Wildman–Crippen LogP) is 5.18. The summed E-state index contributed by atoms with van der Waals surface area (Å²) in [6.45, 7) is 12.7. The first-order chi connectivity index (χ1) is 13.9. The zero-order valence-corrected chi connectivity index (χ0v) is 19.9. The summed E-state index contributed by atoms with van der Waals surface area (Å²) in [6.07, 6.45) is 0. The lowest BCUT2D eigenvalue weighted by atomic mass is 10.2. The van der Waals surface area contributed by atoms with Gasteiger partial charge in [0, 0.05) is 26.2 Å². The first kappa shape index (κ1) is 24.0. The van der Waals surface area contributed by atoms with Crippen molar-refractivity contribution in [1.29, 1.82) is 0 Å². The topological polar surface area (TPSA) is 52.7 Å². The number of nitrogens with zero attached hydrogens (tertiary/aromatic N) is 2. The van der Waals surface area contributed by atoms with E-state index in [9.17, 15) is 8.77 Å². The average Bonchev–Trinajstić information content (AvgIpc) is 2.74. The van der Waals surface area contributed by atoms with E-state index in [1.165, 1.54) is 0 Å². The highest BCUT2D eigenvalue weighted by Gasteiger charge is 2.43. The zero-order valence-electron chi connectivity index (χ0n) is 18.2. The van der Waals surface area contributed by atoms with Crippen molar-refractivity contribution in [3.05, 3.63) is 65.7 Å². The molecule has 2 aromatic rings. The van der Waals surface area contributed by atoms with Crippen molar-refractivity contribution in [3.63, 3.8) is 0 Å². The third-order valence-corrected chi connectivity index (χ3v) is 10.4. The van der Waals surface area contributed by atoms with Crippen LogP contribution in [0.2, 0.25) is 0 Å². The van der Waals surface area contributed by atoms with Gasteiger partial charge in [-0.2, -0.15) is 0 Å². The van der Waals surface area contributed by atoms with Crippen LogP contribution in [0.15, 0.2) is 59.5 Å². The van der Waals surface area contributed by atoms with Crippen LogP contribution in [-0.2, 0) is 15.6 Å². The van der Waals surface area contributed by atoms with Crippen molar-refractivity contribution in [3.8, 4) is 0 Å². The van der Waals surface area contributed by atoms with E-state index in [1.54, 1.807) is 0 Å². The SMILES string of the molecule is CCN(CC)P(=O)([C@H](N[S@@](=O)c1ccc(C)cc1)c1ccccc1)N(CC)CC. The molecule has 1 N–H and O–H groups in total. The van der Waals surface area contributed by atoms with Gasteiger partial charge in [-0.1, -0.05) is 75.7 Å². The molecule has 29 heavy (non-hydrogen) atoms. The fourth-order valence-corrected chi connectivity index (χ4v) is 8.45. The Morgan fingerprint density at radius 2 is 1.34 bits per heavy atom. The van der Waals surface area contributed by atoms with E-state index in [0.717, 1.165) is 11.1 Å². The molecule has 0 aliphatic rings. The van der Waals surface area contributed by atoms with E-state index in [-0.39, 0.29) is 0 Å². The summed E-state index contributed by atoms with van der Waals surface area (Å²) < 4.78 is 35.2. The molecule has 0 spiro atoms. The van der Waals surface area contributed by atoms with Gasteiger partial charge in [0.25, 0.3) is 0 Å². The minimum atomic E-state index is -3.09. The van der Waals surface area contributed by atoms with E-state index in [4.69, 9.17) is 0 Å². The first-order valence-electron chi connectivity index (χ1n) is 10.3. The summed E-state index contributed by atoms with van der Waals surface area (Å²) in [5, 5.41) is 0. The maximum absolute atomic E-state index is 14.7. The van der Waals surface area contributed by atoms with Crippen LogP contribution in [0.1, 0.15) is 44.6 Å². The zero-order chi connectivity index (χ0) is 21.4. The maximum Gasteiger partial charge on any atom is 0.238 e. The Bertz CT molecular complexity index is 806. The first-order valence-corrected chi connectivity index (χ1v) is 13.1. The minimum Gasteiger partial charge on any atom is -0.287 e. The Hall–Kier alpha value is -1.30. The van der Waals surface area contributed by atoms with E-state index < -0.39 is 24.2 Å². The van der Waals surface area contributed by atoms with Gasteiger partial charge in [0.05, 0.1) is 4.90 Å². The van der Waals surface area contributed by atoms with E-state index in [2.05, 4.69) is 4.72 Å². The molecule has 0 aromatic heterocycles. The average molecular weight is 436 g/mol. The maximum atomic E-state index is 14.7. The van der Waals surface area contributed by atoms with Crippen LogP contribution in [0.5, 0.6) is 0 Å². The van der Waals surface area contributed by atoms with E-state index in [0.29, 0.717) is 31.1 Å². The Morgan fingerprint density at radius 3 is 1.79 bits per heavy atom. The lowest BCUT2D eigenvalue weighted by Gasteiger charge is -2.42. The Morgan fingerprint density at radius 1 is 0.862 bits per heavy atom. The summed E-state index contributed by atoms with van der Waals surface area (Å²) in [7, 11) is -4.58. The van der Waals surface area contributed by atoms with Crippen molar-refractivity contribution in [1.82, 2.24) is 14.1 Å². The van der Waals surface area contributed by atoms with Crippen LogP contribution in [0.25, 0.3) is 0 Å². The van der Waals surface area contributed by atoms with Crippen molar-refractivity contribution in [2.45, 2.75) is 45.3 Å². The van der Waals surface area contributed by atoms with Crippen LogP contribution in [0, 0.1) is 6.92 Å². The minimum absolute atomic E-state index is 0.564. The smallest absolute Gasteiger partial charge is 0.238 e. The summed E-state index contributed by atoms with van der Waals surface area (Å²) >= 11 is 0. The monoisotopic (exact) mass is 435 g/mol. The third kappa shape index (κ3) is 5.44. The summed E-state index contributed by atoms with van der Waals surface area (Å²) in [4.78, 5) is 0.683. The normalized spacial score (nSPS) is 14.3. The number of benzene rings is 2. The molecule has 5 nitrogen and oxygen atoms in total. The molecule has 0 amide bonds. The number of hydrogen-bond donors (Lipinski definition) is 1. The molecule has 7 heteroatoms. The number of hydrogen-bond acceptors (Lipinski definition) is 2. The molecule has 160 valence electrons. The van der Waals surface area contributed by atoms with Gasteiger partial charge in [0.15, 0.2) is 0 Å². The summed E-state index contributed by atoms with van der Waals surface area (Å²) in [5.41, 5.74) is 2.00. The molecule has 0 saturated heterocycles. The van der Waals surface area contributed by atoms with Crippen LogP contribution in [-0.4, -0.2) is 39.7 Å². The highest BCUT2D eigenvalue weighted by Crippen LogP contribution is 2.63. The molecule has 0 unspecified atom stereocenters. The summed E-state index contributed by atoms with van der Waals surface area (Å²) in [6, 6.07) is 17.4. The second-order valence-electron chi connectivity index (χ2n) is 6.88. The number of rotatable bonds is 11. The van der Waals surface area contributed by atoms with Crippen molar-refractivity contribution < 1.29 is 8.77 Å². The lowest BCUT2D eigenvalue weighted by molar-refractivity contribution is 0.347. The van der Waals surface area contributed by atoms with Crippen molar-refractivity contribution in [2.75, 3.05) is 26.2 Å². The molecular weight excluding hydrogens is 401 g/mol. The molecule has 2 aromatic carbocycles. The summed E-state index contributed by atoms with van der Waals surface area (Å²) in [5.74, 6) is -0.564. The van der Waals surface area contributed by atoms with Gasteiger partial charge >= 0.3 is 0 Å². The van der Waals surface area contributed by atoms with Crippen LogP contribution in [0.4, 0.5) is 0 Å². The molecule has 2 rings (SSSR count). The molecule has 0 aliphatic heterocycles. The van der Waals surface area contributed by atoms with E-state index >= 15 is 0 Å². The van der Waals surface area contributed by atoms with Gasteiger partial charge in [-0.15, -0.1) is 0 Å². The standard InChI is InChI=1S/C22H34N3O2PS/c1-6-24(7-2)28(26,25(8-3)9-4)22(20-13-11-10-12-14-20)23-29(27)21-17-15-19(5)16-18-21/h10-18,22-23H,6-9H2,1-5H3/t22-,29-/m0/s1. The molecule has 0 heterocycles. The Kier molecular flexibility index (Phi) is 9.25. The molecule has 2 atom stereocenters. The quantitative estimate of drug-likeness (QED) is 0.494.